The zero-order chi connectivity index (χ0) is 97.7. The molecule has 0 unspecified atom stereocenters. The molecule has 0 spiro atoms. The van der Waals surface area contributed by atoms with Crippen LogP contribution in [0.4, 0.5) is 0 Å². The van der Waals surface area contributed by atoms with Crippen molar-refractivity contribution in [3.63, 3.8) is 0 Å². The second-order valence-electron chi connectivity index (χ2n) is 31.7. The third-order valence-electron chi connectivity index (χ3n) is 21.4. The lowest BCUT2D eigenvalue weighted by Crippen LogP contribution is -2.67. The minimum absolute atomic E-state index is 0.0117. The van der Waals surface area contributed by atoms with E-state index in [1.165, 1.54) is 43.7 Å². The van der Waals surface area contributed by atoms with E-state index in [4.69, 9.17) is 33.8 Å². The molecule has 3 heterocycles. The van der Waals surface area contributed by atoms with Crippen LogP contribution in [0.3, 0.4) is 0 Å². The molecule has 16 atom stereocenters. The third kappa shape index (κ3) is 37.5. The van der Waals surface area contributed by atoms with Crippen molar-refractivity contribution < 1.29 is 102 Å². The monoisotopic (exact) mass is 1890 g/mol. The highest BCUT2D eigenvalue weighted by atomic mass is 32.1. The summed E-state index contributed by atoms with van der Waals surface area (Å²) in [7, 11) is 0. The summed E-state index contributed by atoms with van der Waals surface area (Å²) in [5.74, 6) is -20.0. The Kier molecular flexibility index (Phi) is 47.5. The Bertz CT molecular complexity index is 4430. The number of aromatic amines is 1. The smallest absolute Gasteiger partial charge is 0.305 e. The van der Waals surface area contributed by atoms with Crippen LogP contribution in [0.15, 0.2) is 67.1 Å². The van der Waals surface area contributed by atoms with Crippen LogP contribution in [0.1, 0.15) is 134 Å². The van der Waals surface area contributed by atoms with E-state index in [2.05, 4.69) is 131 Å². The topological polar surface area (TPSA) is 768 Å². The number of rotatable bonds is 58. The number of guanidine groups is 2. The highest BCUT2D eigenvalue weighted by molar-refractivity contribution is 7.80. The van der Waals surface area contributed by atoms with Gasteiger partial charge in [-0.3, -0.25) is 97.1 Å². The molecule has 5 rings (SSSR count). The molecular formula is C82H127N27O21S2. The summed E-state index contributed by atoms with van der Waals surface area (Å²) in [5.41, 5.74) is 23.7. The molecule has 2 aromatic carbocycles. The number of aliphatic hydroxyl groups is 1. The normalized spacial score (nSPS) is 17.3. The number of aliphatic hydroxyl groups excluding tert-OH is 1. The number of nitrogens with two attached hydrogens (primary N) is 4. The van der Waals surface area contributed by atoms with Gasteiger partial charge in [-0.25, -0.2) is 4.98 Å². The molecule has 50 heteroatoms. The van der Waals surface area contributed by atoms with Gasteiger partial charge >= 0.3 is 5.97 Å². The molecule has 2 aliphatic rings. The fraction of sp³-hybridized carbons (Fsp3) is 0.573. The minimum atomic E-state index is -1.99. The van der Waals surface area contributed by atoms with Crippen molar-refractivity contribution in [2.24, 2.45) is 28.9 Å². The number of thiol groups is 2. The molecule has 0 bridgehead atoms. The number of phenols is 1. The number of unbranched alkanes of at least 4 members (excludes halogenated alkanes) is 2. The van der Waals surface area contributed by atoms with Crippen molar-refractivity contribution in [3.8, 4) is 5.75 Å². The quantitative estimate of drug-likeness (QED) is 0.0108. The van der Waals surface area contributed by atoms with E-state index in [1.807, 2.05) is 6.92 Å². The Morgan fingerprint density at radius 3 is 1.60 bits per heavy atom. The summed E-state index contributed by atoms with van der Waals surface area (Å²) in [6.07, 6.45) is 3.59. The number of carbonyl (C=O) groups is 18. The average Bonchev–Trinajstić information content (AvgIpc) is 0.804. The summed E-state index contributed by atoms with van der Waals surface area (Å²) in [4.78, 5) is 257. The van der Waals surface area contributed by atoms with Crippen molar-refractivity contribution in [3.05, 3.63) is 83.9 Å². The SMILES string of the molecule is CCCC[C@@H]1NC[C@H](C(=O)N[C@@H](CS)C(=O)N[C@@H](Cc2cnc[nH]2)C(=O)N[C@@H](Cc2ccccc2)C(=O)NCC(=O)NCC(=O)N[C@@H](CCCNC(=N)N)C(=O)N[C@@H](CCCC)C(=O)N[C@@H](CC(=O)O)C(=O)N[C@@H](CCCN)C(=O)N[C@H](C(=O)N[C@@H](CO)C(=O)N[C@@H](CS)C(=O)N[C@@H](Cc2ccc(O)cc2)C(=O)N2C[C@H](C(N)=O)NC(=O)[C@@H]2CCCNC(=N)N)[C@@H](C)CC)NC1=O. The number of nitrogens with one attached hydrogen (secondary N) is 21. The van der Waals surface area contributed by atoms with Crippen LogP contribution in [0, 0.1) is 16.7 Å². The number of aromatic nitrogens is 2. The predicted molar refractivity (Wildman–Crippen MR) is 484 cm³/mol. The number of imidazole rings is 1. The number of H-pyrrole nitrogens is 1. The average molecular weight is 1890 g/mol. The first-order chi connectivity index (χ1) is 62.9. The van der Waals surface area contributed by atoms with E-state index in [-0.39, 0.29) is 127 Å². The molecule has 3 aromatic rings. The van der Waals surface area contributed by atoms with E-state index < -0.39 is 241 Å². The second kappa shape index (κ2) is 57.3. The van der Waals surface area contributed by atoms with Crippen LogP contribution >= 0.6 is 25.3 Å². The Morgan fingerprint density at radius 1 is 0.530 bits per heavy atom. The summed E-state index contributed by atoms with van der Waals surface area (Å²) in [6, 6.07) is -7.72. The minimum Gasteiger partial charge on any atom is -0.508 e. The van der Waals surface area contributed by atoms with Crippen molar-refractivity contribution in [2.45, 2.75) is 227 Å². The number of amides is 17. The first kappa shape index (κ1) is 110. The van der Waals surface area contributed by atoms with Crippen LogP contribution in [-0.4, -0.2) is 303 Å². The van der Waals surface area contributed by atoms with E-state index in [0.29, 0.717) is 29.7 Å². The number of aliphatic carboxylic acids is 1. The Hall–Kier alpha value is -13.0. The maximum atomic E-state index is 14.7. The van der Waals surface area contributed by atoms with Gasteiger partial charge in [0.05, 0.1) is 45.0 Å². The lowest BCUT2D eigenvalue weighted by Gasteiger charge is -2.40. The van der Waals surface area contributed by atoms with Gasteiger partial charge in [0.25, 0.3) is 0 Å². The molecule has 2 fully saturated rings. The van der Waals surface area contributed by atoms with Crippen LogP contribution in [0.5, 0.6) is 5.75 Å². The van der Waals surface area contributed by atoms with Gasteiger partial charge in [-0.2, -0.15) is 25.3 Å². The number of carboxylic acids is 1. The Morgan fingerprint density at radius 2 is 1.03 bits per heavy atom. The van der Waals surface area contributed by atoms with Gasteiger partial charge < -0.3 is 144 Å². The second-order valence-corrected chi connectivity index (χ2v) is 32.4. The number of benzene rings is 2. The maximum absolute atomic E-state index is 14.7. The number of carboxylic acid groups (broad SMARTS) is 1. The molecule has 1 aromatic heterocycles. The van der Waals surface area contributed by atoms with Crippen molar-refractivity contribution in [2.75, 3.05) is 63.9 Å². The van der Waals surface area contributed by atoms with Gasteiger partial charge in [-0.1, -0.05) is 102 Å². The van der Waals surface area contributed by atoms with Gasteiger partial charge in [0.1, 0.15) is 90.3 Å². The molecule has 48 nitrogen and oxygen atoms in total. The lowest BCUT2D eigenvalue weighted by atomic mass is 9.97. The summed E-state index contributed by atoms with van der Waals surface area (Å²) in [6.45, 7) is 3.84. The highest BCUT2D eigenvalue weighted by Gasteiger charge is 2.44. The molecule has 728 valence electrons. The van der Waals surface area contributed by atoms with Gasteiger partial charge in [0, 0.05) is 62.3 Å². The predicted octanol–water partition coefficient (Wildman–Crippen LogP) is -8.64. The van der Waals surface area contributed by atoms with Crippen LogP contribution in [0.2, 0.25) is 0 Å². The van der Waals surface area contributed by atoms with E-state index in [9.17, 15) is 102 Å². The third-order valence-corrected chi connectivity index (χ3v) is 22.2. The van der Waals surface area contributed by atoms with Crippen LogP contribution < -0.4 is 119 Å². The van der Waals surface area contributed by atoms with Crippen LogP contribution in [-0.2, 0) is 106 Å². The van der Waals surface area contributed by atoms with Crippen molar-refractivity contribution in [1.29, 1.82) is 10.8 Å². The summed E-state index contributed by atoms with van der Waals surface area (Å²) in [5, 5.41) is 91.5. The maximum Gasteiger partial charge on any atom is 0.305 e. The number of hydrogen-bond donors (Lipinski definition) is 30. The van der Waals surface area contributed by atoms with E-state index >= 15 is 0 Å². The van der Waals surface area contributed by atoms with E-state index in [1.54, 1.807) is 44.2 Å². The molecule has 2 aliphatic heterocycles. The number of phenolic OH excluding ortho intramolecular Hbond substituents is 1. The summed E-state index contributed by atoms with van der Waals surface area (Å²) >= 11 is 8.54. The number of piperazine rings is 2. The molecule has 0 aliphatic carbocycles. The zero-order valence-electron chi connectivity index (χ0n) is 74.0. The Balaban J connectivity index is 1.26. The summed E-state index contributed by atoms with van der Waals surface area (Å²) < 4.78 is 0. The first-order valence-electron chi connectivity index (χ1n) is 43.4. The molecule has 17 amide bonds. The highest BCUT2D eigenvalue weighted by Crippen LogP contribution is 2.21. The van der Waals surface area contributed by atoms with E-state index in [0.717, 1.165) is 17.7 Å². The van der Waals surface area contributed by atoms with Crippen LogP contribution in [0.25, 0.3) is 0 Å². The number of nitrogens with zero attached hydrogens (tertiary/aromatic N) is 2. The van der Waals surface area contributed by atoms with Crippen molar-refractivity contribution in [1.82, 2.24) is 111 Å². The fourth-order valence-electron chi connectivity index (χ4n) is 13.8. The Labute approximate surface area is 772 Å². The molecule has 2 saturated heterocycles. The lowest BCUT2D eigenvalue weighted by molar-refractivity contribution is -0.149. The first-order valence-corrected chi connectivity index (χ1v) is 44.6. The van der Waals surface area contributed by atoms with Gasteiger partial charge in [0.2, 0.25) is 100 Å². The molecular weight excluding hydrogens is 1760 g/mol. The fourth-order valence-corrected chi connectivity index (χ4v) is 14.3. The number of hydrogen-bond acceptors (Lipinski definition) is 27. The molecule has 132 heavy (non-hydrogen) atoms. The standard InChI is InChI=1S/C82H127N27O21S2/c1-5-8-18-48-68(118)103-56(35-92-48)74(124)106-59(40-131)76(126)100-53(32-46-34-89-42-95-46)72(122)99-52(30-44-16-11-10-12-17-44)67(117)94-36-62(112)93-37-63(113)96-49(21-14-28-90-81(85)86)69(119)97-50(19-9-6-2)70(120)101-54(33-64(114)115)73(123)98-51(20-13-27-83)71(121)108-65(43(4)7-3)79(129)105-58(39-110)75(125)107-60(41-132)77(127)102-55(31-45-23-25-47(111)26-24-45)80(130)109-38-57(66(84)116)104-78(128)61(109)22-15-29-91-82(87)88/h10-12,16-17,23-26,34,42-43,48-61,65,92,110-111,131-132H,5-9,13-15,18-22,27-33,35-41,83H2,1-4H3,(H2,84,116)(H,89,95)(H,93,112)(H,94,117)(H,96,113)(H,97,119)(H,98,123)(H,99,122)(H,100,126)(H,101,120)(H,102,127)(H,103,118)(H,104,128)(H,105,129)(H,106,124)(H,107,125)(H,108,121)(H,114,115)(H4,85,86,90)(H4,87,88,91)/t43-,48-,49-,50-,51-,52-,53-,54-,55-,56+,57+,58-,59-,60-,61-,65-/m0/s1. The number of primary amides is 1. The van der Waals surface area contributed by atoms with Gasteiger partial charge in [0.15, 0.2) is 11.9 Å². The molecule has 32 N–H and O–H groups in total. The number of carbonyl (C=O) groups excluding carboxylic acids is 17. The largest absolute Gasteiger partial charge is 0.508 e. The zero-order valence-corrected chi connectivity index (χ0v) is 75.8. The van der Waals surface area contributed by atoms with Gasteiger partial charge in [-0.15, -0.1) is 0 Å². The van der Waals surface area contributed by atoms with Gasteiger partial charge in [-0.05, 0) is 87.1 Å². The molecule has 0 radical (unpaired) electrons. The van der Waals surface area contributed by atoms with Crippen molar-refractivity contribution >= 4 is 144 Å². The number of aromatic hydroxyl groups is 1. The molecule has 0 saturated carbocycles.